The average Bonchev–Trinajstić information content (AvgIpc) is 3.40. The molecule has 0 saturated carbocycles. The molecule has 0 aliphatic heterocycles. The molecule has 0 atom stereocenters. The molecule has 75 heavy (non-hydrogen) atoms. The lowest BCUT2D eigenvalue weighted by Crippen LogP contribution is -2.10. The van der Waals surface area contributed by atoms with Crippen molar-refractivity contribution in [1.82, 2.24) is 0 Å². The van der Waals surface area contributed by atoms with Crippen LogP contribution in [0.15, 0.2) is 58.5 Å². The van der Waals surface area contributed by atoms with Crippen LogP contribution in [0.25, 0.3) is 0 Å². The Kier molecular flexibility index (Phi) is 47.1. The van der Waals surface area contributed by atoms with E-state index < -0.39 is 0 Å². The monoisotopic (exact) mass is 1030 g/mol. The summed E-state index contributed by atoms with van der Waals surface area (Å²) >= 11 is 0. The van der Waals surface area contributed by atoms with Crippen LogP contribution in [0.2, 0.25) is 0 Å². The Labute approximate surface area is 469 Å². The number of benzene rings is 2. The fourth-order valence-electron chi connectivity index (χ4n) is 11.1. The summed E-state index contributed by atoms with van der Waals surface area (Å²) in [5.74, 6) is 7.31. The van der Waals surface area contributed by atoms with Gasteiger partial charge in [-0.15, -0.1) is 0 Å². The lowest BCUT2D eigenvalue weighted by molar-refractivity contribution is 0.520. The van der Waals surface area contributed by atoms with Crippen molar-refractivity contribution in [2.24, 2.45) is 9.98 Å². The van der Waals surface area contributed by atoms with Crippen molar-refractivity contribution >= 4 is 22.8 Å². The molecule has 0 radical (unpaired) electrons. The topological polar surface area (TPSA) is 24.7 Å². The molecular weight excluding hydrogens is 905 g/mol. The number of rotatable bonds is 52. The maximum atomic E-state index is 5.48. The third kappa shape index (κ3) is 40.0. The lowest BCUT2D eigenvalue weighted by Gasteiger charge is -2.09. The molecule has 0 fully saturated rings. The van der Waals surface area contributed by atoms with Crippen LogP contribution < -0.4 is 0 Å². The minimum atomic E-state index is 0.821. The summed E-state index contributed by atoms with van der Waals surface area (Å²) in [6, 6.07) is 14.1. The number of aliphatic imine (C=N–C) groups is 2. The third-order valence-corrected chi connectivity index (χ3v) is 15.6. The molecule has 0 saturated heterocycles. The molecule has 426 valence electrons. The van der Waals surface area contributed by atoms with Crippen LogP contribution in [0.1, 0.15) is 353 Å². The van der Waals surface area contributed by atoms with Crippen molar-refractivity contribution in [2.45, 2.75) is 356 Å². The number of hydrogen-bond acceptors (Lipinski definition) is 2. The number of hydrogen-bond donors (Lipinski definition) is 0. The van der Waals surface area contributed by atoms with Gasteiger partial charge in [-0.05, 0) is 103 Å². The number of allylic oxidation sites excluding steroid dienone is 2. The molecule has 0 spiro atoms. The number of unbranched alkanes of at least 4 members (excludes halogenated alkanes) is 39. The fourth-order valence-corrected chi connectivity index (χ4v) is 11.1. The molecular formula is C73H124N2. The van der Waals surface area contributed by atoms with Crippen LogP contribution >= 0.6 is 0 Å². The maximum Gasteiger partial charge on any atom is 0.139 e. The summed E-state index contributed by atoms with van der Waals surface area (Å²) in [6.45, 7) is 13.7. The predicted molar refractivity (Wildman–Crippen MR) is 341 cm³/mol. The zero-order chi connectivity index (χ0) is 53.8. The first-order valence-electron chi connectivity index (χ1n) is 33.6. The molecule has 0 aliphatic rings. The van der Waals surface area contributed by atoms with Crippen molar-refractivity contribution in [3.63, 3.8) is 0 Å². The molecule has 0 aromatic heterocycles. The van der Waals surface area contributed by atoms with Crippen LogP contribution in [-0.4, -0.2) is 11.4 Å². The van der Waals surface area contributed by atoms with Gasteiger partial charge in [-0.3, -0.25) is 0 Å². The van der Waals surface area contributed by atoms with Gasteiger partial charge in [0.05, 0.1) is 17.1 Å². The van der Waals surface area contributed by atoms with E-state index >= 15 is 0 Å². The second-order valence-corrected chi connectivity index (χ2v) is 23.3. The van der Waals surface area contributed by atoms with Gasteiger partial charge in [0.2, 0.25) is 0 Å². The highest BCUT2D eigenvalue weighted by atomic mass is 14.8. The van der Waals surface area contributed by atoms with Gasteiger partial charge in [-0.2, -0.15) is 0 Å². The zero-order valence-electron chi connectivity index (χ0n) is 51.2. The first-order chi connectivity index (χ1) is 37.1. The highest BCUT2D eigenvalue weighted by Crippen LogP contribution is 2.25. The van der Waals surface area contributed by atoms with E-state index in [0.717, 1.165) is 93.4 Å². The van der Waals surface area contributed by atoms with Crippen LogP contribution in [0.5, 0.6) is 0 Å². The second-order valence-electron chi connectivity index (χ2n) is 23.3. The Morgan fingerprint density at radius 1 is 0.320 bits per heavy atom. The summed E-state index contributed by atoms with van der Waals surface area (Å²) in [6.07, 6.45) is 70.4. The standard InChI is InChI=1S/C73H124N2/c1-7-13-15-17-19-21-23-25-27-29-31-33-34-35-37-39-41-43-45-47-49-51-53-59-73(75-71-64-68(56-11-5)61-69(65-71)57-12-6)72(74-70-62-66(54-9-3)60-67(63-70)55-10-4)58-52-50-48-46-44-42-40-38-36-32-30-28-26-24-22-20-18-16-14-8-2/h52,58,60-65H,7-51,54-57H2,1-6H3/b58-52+,74-72?,75-73?. The van der Waals surface area contributed by atoms with Gasteiger partial charge in [-0.1, -0.05) is 329 Å². The quantitative estimate of drug-likeness (QED) is 0.0358. The van der Waals surface area contributed by atoms with E-state index in [9.17, 15) is 0 Å². The molecule has 0 amide bonds. The molecule has 0 unspecified atom stereocenters. The van der Waals surface area contributed by atoms with Crippen molar-refractivity contribution < 1.29 is 0 Å². The van der Waals surface area contributed by atoms with E-state index in [2.05, 4.69) is 102 Å². The molecule has 2 rings (SSSR count). The summed E-state index contributed by atoms with van der Waals surface area (Å²) in [5, 5.41) is 0. The SMILES string of the molecule is CCCCCCCCCCCCCCCCCCCC/C=C/C(=Nc1cc(CCC)cc(CCC)c1)C(C#CCCCCCCCCCCCCCCCCCCCCCCC)=Nc1cc(CCC)cc(CCC)c1. The molecule has 0 N–H and O–H groups in total. The smallest absolute Gasteiger partial charge is 0.139 e. The molecule has 2 aromatic rings. The van der Waals surface area contributed by atoms with Crippen LogP contribution in [0.4, 0.5) is 11.4 Å². The summed E-state index contributed by atoms with van der Waals surface area (Å²) < 4.78 is 0. The van der Waals surface area contributed by atoms with Gasteiger partial charge in [0.25, 0.3) is 0 Å². The van der Waals surface area contributed by atoms with E-state index in [0.29, 0.717) is 0 Å². The van der Waals surface area contributed by atoms with Crippen molar-refractivity contribution in [1.29, 1.82) is 0 Å². The summed E-state index contributed by atoms with van der Waals surface area (Å²) in [4.78, 5) is 10.9. The number of aryl methyl sites for hydroxylation is 4. The molecule has 0 bridgehead atoms. The van der Waals surface area contributed by atoms with Gasteiger partial charge in [-0.25, -0.2) is 9.98 Å². The lowest BCUT2D eigenvalue weighted by atomic mass is 10.0. The van der Waals surface area contributed by atoms with E-state index in [1.54, 1.807) is 0 Å². The molecule has 0 aliphatic carbocycles. The number of nitrogens with zero attached hydrogens (tertiary/aromatic N) is 2. The van der Waals surface area contributed by atoms with Gasteiger partial charge in [0, 0.05) is 6.42 Å². The van der Waals surface area contributed by atoms with Crippen molar-refractivity contribution in [3.05, 3.63) is 70.8 Å². The predicted octanol–water partition coefficient (Wildman–Crippen LogP) is 24.9. The molecule has 2 heteroatoms. The van der Waals surface area contributed by atoms with E-state index in [1.807, 2.05) is 0 Å². The Balaban J connectivity index is 2.00. The van der Waals surface area contributed by atoms with Crippen molar-refractivity contribution in [2.75, 3.05) is 0 Å². The highest BCUT2D eigenvalue weighted by Gasteiger charge is 2.10. The van der Waals surface area contributed by atoms with E-state index in [4.69, 9.17) is 9.98 Å². The zero-order valence-corrected chi connectivity index (χ0v) is 51.2. The molecule has 2 nitrogen and oxygen atoms in total. The van der Waals surface area contributed by atoms with Gasteiger partial charge >= 0.3 is 0 Å². The highest BCUT2D eigenvalue weighted by molar-refractivity contribution is 6.53. The van der Waals surface area contributed by atoms with E-state index in [1.165, 1.54) is 266 Å². The minimum Gasteiger partial charge on any atom is -0.246 e. The van der Waals surface area contributed by atoms with Gasteiger partial charge in [0.15, 0.2) is 0 Å². The minimum absolute atomic E-state index is 0.821. The Hall–Kier alpha value is -2.92. The summed E-state index contributed by atoms with van der Waals surface area (Å²) in [7, 11) is 0. The Morgan fingerprint density at radius 2 is 0.600 bits per heavy atom. The maximum absolute atomic E-state index is 5.48. The van der Waals surface area contributed by atoms with E-state index in [-0.39, 0.29) is 0 Å². The Bertz CT molecular complexity index is 1700. The average molecular weight is 1030 g/mol. The first-order valence-corrected chi connectivity index (χ1v) is 33.6. The second kappa shape index (κ2) is 51.8. The normalized spacial score (nSPS) is 12.1. The van der Waals surface area contributed by atoms with Crippen LogP contribution in [-0.2, 0) is 25.7 Å². The van der Waals surface area contributed by atoms with Crippen LogP contribution in [0.3, 0.4) is 0 Å². The third-order valence-electron chi connectivity index (χ3n) is 15.6. The Morgan fingerprint density at radius 3 is 0.907 bits per heavy atom. The largest absolute Gasteiger partial charge is 0.246 e. The summed E-state index contributed by atoms with van der Waals surface area (Å²) in [5.41, 5.74) is 9.35. The molecule has 2 aromatic carbocycles. The first kappa shape index (κ1) is 68.2. The van der Waals surface area contributed by atoms with Crippen LogP contribution in [0, 0.1) is 11.8 Å². The fraction of sp³-hybridized carbons (Fsp3) is 0.753. The molecule has 0 heterocycles. The van der Waals surface area contributed by atoms with Crippen molar-refractivity contribution in [3.8, 4) is 11.8 Å². The van der Waals surface area contributed by atoms with Gasteiger partial charge < -0.3 is 0 Å². The van der Waals surface area contributed by atoms with Gasteiger partial charge in [0.1, 0.15) is 5.71 Å².